The molecule has 18 heteroatoms. The van der Waals surface area contributed by atoms with Gasteiger partial charge in [-0.3, -0.25) is 14.4 Å². The van der Waals surface area contributed by atoms with Crippen LogP contribution < -0.4 is 113 Å². The van der Waals surface area contributed by atoms with Crippen molar-refractivity contribution in [3.8, 4) is 11.5 Å². The largest absolute Gasteiger partial charge is 1.00 e. The molecule has 2 aromatic rings. The fourth-order valence-corrected chi connectivity index (χ4v) is 6.52. The van der Waals surface area contributed by atoms with E-state index in [9.17, 15) is 19.2 Å². The number of carboxylic acids is 3. The Labute approximate surface area is 458 Å². The molecule has 0 aromatic heterocycles. The zero-order valence-corrected chi connectivity index (χ0v) is 44.3. The summed E-state index contributed by atoms with van der Waals surface area (Å²) in [6, 6.07) is 13.2. The number of benzene rings is 2. The minimum Gasteiger partial charge on any atom is -1.00 e. The molecule has 13 nitrogen and oxygen atoms in total. The van der Waals surface area contributed by atoms with Crippen molar-refractivity contribution in [3.63, 3.8) is 0 Å². The van der Waals surface area contributed by atoms with Gasteiger partial charge in [0.25, 0.3) is 6.47 Å². The smallest absolute Gasteiger partial charge is 1.00 e. The average molecular weight is 966 g/mol. The van der Waals surface area contributed by atoms with Crippen LogP contribution in [0.25, 0.3) is 12.2 Å². The molecule has 0 heterocycles. The van der Waals surface area contributed by atoms with Crippen molar-refractivity contribution in [2.45, 2.75) is 117 Å². The van der Waals surface area contributed by atoms with Crippen LogP contribution in [0.5, 0.6) is 11.5 Å². The molecule has 0 spiro atoms. The predicted octanol–water partition coefficient (Wildman–Crippen LogP) is 3.62. The third kappa shape index (κ3) is 37.0. The second-order valence-electron chi connectivity index (χ2n) is 14.1. The van der Waals surface area contributed by atoms with E-state index in [0.717, 1.165) is 86.5 Å². The summed E-state index contributed by atoms with van der Waals surface area (Å²) in [7, 11) is 7.36. The van der Waals surface area contributed by atoms with Gasteiger partial charge in [0.05, 0.1) is 11.8 Å². The van der Waals surface area contributed by atoms with E-state index in [1.807, 2.05) is 0 Å². The first-order chi connectivity index (χ1) is 28.1. The molecule has 0 aliphatic heterocycles. The Morgan fingerprint density at radius 2 is 1.07 bits per heavy atom. The molecule has 332 valence electrons. The summed E-state index contributed by atoms with van der Waals surface area (Å²) >= 11 is 0. The summed E-state index contributed by atoms with van der Waals surface area (Å²) in [6.07, 6.45) is 23.7. The fraction of sp³-hybridized carbons (Fsp3) is 0.512. The molecule has 4 rings (SSSR count). The zero-order chi connectivity index (χ0) is 44.4. The van der Waals surface area contributed by atoms with E-state index in [0.29, 0.717) is 5.75 Å². The van der Waals surface area contributed by atoms with Crippen molar-refractivity contribution in [2.24, 2.45) is 23.7 Å². The molecule has 0 atom stereocenters. The van der Waals surface area contributed by atoms with E-state index < -0.39 is 27.1 Å². The molecular formula is C43H60Cl2K2O13S. The summed E-state index contributed by atoms with van der Waals surface area (Å²) in [5.74, 6) is -0.453. The molecule has 0 radical (unpaired) electrons. The quantitative estimate of drug-likeness (QED) is 0.0218. The van der Waals surface area contributed by atoms with Crippen molar-refractivity contribution >= 4 is 73.1 Å². The van der Waals surface area contributed by atoms with Crippen LogP contribution in [-0.2, 0) is 38.1 Å². The molecule has 0 amide bonds. The molecule has 61 heavy (non-hydrogen) atoms. The van der Waals surface area contributed by atoms with E-state index in [4.69, 9.17) is 39.4 Å². The number of ether oxygens (including phenoxy) is 1. The molecule has 2 aliphatic carbocycles. The number of phenols is 1. The zero-order valence-electron chi connectivity index (χ0n) is 36.8. The maximum Gasteiger partial charge on any atom is 1.00 e. The van der Waals surface area contributed by atoms with Gasteiger partial charge in [-0.2, -0.15) is 0 Å². The second kappa shape index (κ2) is 41.7. The summed E-state index contributed by atoms with van der Waals surface area (Å²) in [5, 5.41) is 43.1. The average Bonchev–Trinajstić information content (AvgIpc) is 3.21. The van der Waals surface area contributed by atoms with Crippen LogP contribution in [-0.4, -0.2) is 55.0 Å². The number of phenolic OH excluding ortho intramolecular Hbond substituents is 1. The number of halogens is 2. The Hall–Kier alpha value is -0.967. The number of hydrogen-bond acceptors (Lipinski definition) is 10. The van der Waals surface area contributed by atoms with Crippen LogP contribution in [0, 0.1) is 23.7 Å². The van der Waals surface area contributed by atoms with Crippen LogP contribution in [0.15, 0.2) is 60.7 Å². The van der Waals surface area contributed by atoms with Gasteiger partial charge >= 0.3 is 127 Å². The molecule has 2 fully saturated rings. The van der Waals surface area contributed by atoms with Gasteiger partial charge in [0.2, 0.25) is 9.23 Å². The van der Waals surface area contributed by atoms with Crippen LogP contribution in [0.1, 0.15) is 129 Å². The monoisotopic (exact) mass is 964 g/mol. The van der Waals surface area contributed by atoms with Gasteiger partial charge in [0.1, 0.15) is 11.5 Å². The molecule has 0 saturated heterocycles. The molecule has 2 aromatic carbocycles. The molecule has 2 aliphatic rings. The number of carbonyl (C=O) groups is 5. The maximum atomic E-state index is 12.3. The molecule has 0 unspecified atom stereocenters. The number of carbonyl (C=O) groups excluding carboxylic acids is 2. The third-order valence-corrected chi connectivity index (χ3v) is 9.68. The van der Waals surface area contributed by atoms with Crippen LogP contribution in [0.2, 0.25) is 0 Å². The third-order valence-electron chi connectivity index (χ3n) is 9.68. The van der Waals surface area contributed by atoms with Crippen molar-refractivity contribution in [1.29, 1.82) is 0 Å². The van der Waals surface area contributed by atoms with Crippen molar-refractivity contribution in [3.05, 3.63) is 71.8 Å². The van der Waals surface area contributed by atoms with Gasteiger partial charge < -0.3 is 36.7 Å². The molecule has 4 N–H and O–H groups in total. The van der Waals surface area contributed by atoms with E-state index in [1.165, 1.54) is 75.7 Å². The van der Waals surface area contributed by atoms with Gasteiger partial charge in [-0.15, -0.1) is 0 Å². The van der Waals surface area contributed by atoms with Gasteiger partial charge in [-0.1, -0.05) is 89.5 Å². The SMILES string of the molecule is CCCCCC1CCC(C(=O)O)CC1.CCCCCC1CCC(C(=O)Oc2ccc(C=CC(=O)O)cc2)CC1.O=C(O)C=Cc1ccc(O)cc1.O=CO[O-].O=S(Cl)Cl.[H-].[K+].[K+]. The van der Waals surface area contributed by atoms with E-state index in [2.05, 4.69) is 40.1 Å². The summed E-state index contributed by atoms with van der Waals surface area (Å²) < 4.78 is 14.6. The minimum atomic E-state index is -1.67. The van der Waals surface area contributed by atoms with Crippen LogP contribution >= 0.6 is 21.4 Å². The number of carboxylic acid groups (broad SMARTS) is 3. The Bertz CT molecular complexity index is 1570. The van der Waals surface area contributed by atoms with E-state index in [-0.39, 0.29) is 134 Å². The van der Waals surface area contributed by atoms with E-state index in [1.54, 1.807) is 36.4 Å². The Morgan fingerprint density at radius 1 is 0.705 bits per heavy atom. The first kappa shape index (κ1) is 64.3. The minimum absolute atomic E-state index is 0. The normalized spacial score (nSPS) is 17.7. The van der Waals surface area contributed by atoms with Crippen molar-refractivity contribution in [2.75, 3.05) is 0 Å². The molecule has 0 bridgehead atoms. The van der Waals surface area contributed by atoms with Crippen LogP contribution in [0.4, 0.5) is 0 Å². The Kier molecular flexibility index (Phi) is 44.0. The Balaban J connectivity index is -0.000000388. The standard InChI is InChI=1S/C21H28O4.C12H22O2.C9H8O3.CH2O3.Cl2OS.2K.H/c1-2-3-4-5-16-6-11-18(12-7-16)21(24)25-19-13-8-17(9-14-19)10-15-20(22)23;1-2-3-4-5-10-6-8-11(9-7-10)12(13)14;10-8-4-1-7(2-5-8)3-6-9(11)12;2-1-4-3;1-4(2)3;;;/h8-10,13-16,18H,2-7,11-12H2,1H3,(H,22,23);10-11H,2-9H2,1H3,(H,13,14);1-6,10H,(H,11,12);1,3H;;;;/q;;;;;2*+1;-1/p-1. The number of rotatable bonds is 16. The number of hydrogen-bond donors (Lipinski definition) is 4. The first-order valence-corrected chi connectivity index (χ1v) is 22.6. The number of esters is 1. The molecular weight excluding hydrogens is 906 g/mol. The van der Waals surface area contributed by atoms with Gasteiger partial charge in [0.15, 0.2) is 0 Å². The van der Waals surface area contributed by atoms with Gasteiger partial charge in [-0.25, -0.2) is 13.8 Å². The van der Waals surface area contributed by atoms with Gasteiger partial charge in [0, 0.05) is 33.5 Å². The Morgan fingerprint density at radius 3 is 1.39 bits per heavy atom. The topological polar surface area (TPSA) is 225 Å². The van der Waals surface area contributed by atoms with Gasteiger partial charge in [-0.05, 0) is 111 Å². The fourth-order valence-electron chi connectivity index (χ4n) is 6.52. The maximum absolute atomic E-state index is 12.3. The van der Waals surface area contributed by atoms with E-state index >= 15 is 0 Å². The van der Waals surface area contributed by atoms with Crippen molar-refractivity contribution < 1.29 is 168 Å². The molecule has 2 saturated carbocycles. The first-order valence-electron chi connectivity index (χ1n) is 19.8. The summed E-state index contributed by atoms with van der Waals surface area (Å²) in [4.78, 5) is 54.9. The second-order valence-corrected chi connectivity index (χ2v) is 16.6. The summed E-state index contributed by atoms with van der Waals surface area (Å²) in [6.45, 7) is 4.27. The number of aromatic hydroxyl groups is 1. The van der Waals surface area contributed by atoms with Crippen LogP contribution in [0.3, 0.4) is 0 Å². The predicted molar refractivity (Wildman–Crippen MR) is 228 cm³/mol. The number of unbranched alkanes of at least 4 members (excludes halogenated alkanes) is 4. The summed E-state index contributed by atoms with van der Waals surface area (Å²) in [5.41, 5.74) is 1.50. The van der Waals surface area contributed by atoms with Crippen molar-refractivity contribution in [1.82, 2.24) is 0 Å². The number of aliphatic carboxylic acids is 3.